The highest BCUT2D eigenvalue weighted by Gasteiger charge is 2.32. The molecule has 2 heteroatoms. The number of allylic oxidation sites excluding steroid dienone is 5. The van der Waals surface area contributed by atoms with Crippen LogP contribution in [0.1, 0.15) is 80.6 Å². The first kappa shape index (κ1) is 21.7. The molecule has 0 spiro atoms. The molecular formula is C23H38O2. The molecule has 0 fully saturated rings. The average Bonchev–Trinajstić information content (AvgIpc) is 2.48. The lowest BCUT2D eigenvalue weighted by molar-refractivity contribution is -0.157. The molecule has 1 aliphatic rings. The molecule has 25 heavy (non-hydrogen) atoms. The normalized spacial score (nSPS) is 31.5. The van der Waals surface area contributed by atoms with Gasteiger partial charge in [0.15, 0.2) is 0 Å². The Kier molecular flexibility index (Phi) is 8.68. The van der Waals surface area contributed by atoms with Crippen molar-refractivity contribution in [2.45, 2.75) is 86.7 Å². The SMILES string of the molecule is CC1=C[C@H](C)C/C=C/C(C)[C@@H](C(C)(C)C)OC(=O)CC/C(C)=C/CC1. The fourth-order valence-corrected chi connectivity index (χ4v) is 3.47. The van der Waals surface area contributed by atoms with Crippen LogP contribution in [0.15, 0.2) is 35.5 Å². The molecule has 0 saturated carbocycles. The van der Waals surface area contributed by atoms with Gasteiger partial charge in [-0.1, -0.05) is 70.1 Å². The van der Waals surface area contributed by atoms with Crippen molar-refractivity contribution < 1.29 is 9.53 Å². The Balaban J connectivity index is 2.98. The van der Waals surface area contributed by atoms with Crippen molar-refractivity contribution >= 4 is 5.97 Å². The third-order valence-corrected chi connectivity index (χ3v) is 4.86. The lowest BCUT2D eigenvalue weighted by Gasteiger charge is -2.33. The number of rotatable bonds is 0. The number of esters is 1. The summed E-state index contributed by atoms with van der Waals surface area (Å²) in [6.45, 7) is 15.2. The maximum atomic E-state index is 12.3. The highest BCUT2D eigenvalue weighted by Crippen LogP contribution is 2.30. The Bertz CT molecular complexity index is 517. The zero-order valence-electron chi connectivity index (χ0n) is 17.4. The Morgan fingerprint density at radius 2 is 1.72 bits per heavy atom. The molecule has 0 saturated heterocycles. The Morgan fingerprint density at radius 1 is 1.04 bits per heavy atom. The second kappa shape index (κ2) is 9.99. The molecule has 1 aliphatic heterocycles. The zero-order chi connectivity index (χ0) is 19.0. The van der Waals surface area contributed by atoms with Crippen molar-refractivity contribution in [1.82, 2.24) is 0 Å². The van der Waals surface area contributed by atoms with E-state index in [1.165, 1.54) is 11.1 Å². The minimum Gasteiger partial charge on any atom is -0.461 e. The van der Waals surface area contributed by atoms with Crippen LogP contribution >= 0.6 is 0 Å². The number of carbonyl (C=O) groups is 1. The lowest BCUT2D eigenvalue weighted by Crippen LogP contribution is -2.36. The van der Waals surface area contributed by atoms with Crippen molar-refractivity contribution in [3.05, 3.63) is 35.5 Å². The van der Waals surface area contributed by atoms with Gasteiger partial charge in [0.1, 0.15) is 6.10 Å². The van der Waals surface area contributed by atoms with E-state index in [0.717, 1.165) is 25.7 Å². The van der Waals surface area contributed by atoms with Gasteiger partial charge in [-0.3, -0.25) is 4.79 Å². The van der Waals surface area contributed by atoms with Crippen LogP contribution in [-0.2, 0) is 9.53 Å². The van der Waals surface area contributed by atoms with Gasteiger partial charge in [0, 0.05) is 12.3 Å². The van der Waals surface area contributed by atoms with Crippen LogP contribution in [0, 0.1) is 17.3 Å². The largest absolute Gasteiger partial charge is 0.461 e. The highest BCUT2D eigenvalue weighted by molar-refractivity contribution is 5.70. The van der Waals surface area contributed by atoms with E-state index in [0.29, 0.717) is 12.3 Å². The van der Waals surface area contributed by atoms with E-state index in [-0.39, 0.29) is 23.4 Å². The van der Waals surface area contributed by atoms with Gasteiger partial charge < -0.3 is 4.74 Å². The predicted octanol–water partition coefficient (Wildman–Crippen LogP) is 6.63. The van der Waals surface area contributed by atoms with Crippen LogP contribution in [0.3, 0.4) is 0 Å². The van der Waals surface area contributed by atoms with Crippen LogP contribution in [0.2, 0.25) is 0 Å². The molecule has 2 nitrogen and oxygen atoms in total. The summed E-state index contributed by atoms with van der Waals surface area (Å²) in [6.07, 6.45) is 13.5. The summed E-state index contributed by atoms with van der Waals surface area (Å²) in [6, 6.07) is 0. The van der Waals surface area contributed by atoms with E-state index < -0.39 is 0 Å². The fraction of sp³-hybridized carbons (Fsp3) is 0.696. The van der Waals surface area contributed by atoms with Crippen LogP contribution in [0.4, 0.5) is 0 Å². The van der Waals surface area contributed by atoms with Crippen LogP contribution in [-0.4, -0.2) is 12.1 Å². The molecule has 1 unspecified atom stereocenters. The highest BCUT2D eigenvalue weighted by atomic mass is 16.5. The minimum absolute atomic E-state index is 0.0716. The van der Waals surface area contributed by atoms with Crippen LogP contribution in [0.25, 0.3) is 0 Å². The topological polar surface area (TPSA) is 26.3 Å². The molecule has 142 valence electrons. The van der Waals surface area contributed by atoms with Crippen molar-refractivity contribution in [3.63, 3.8) is 0 Å². The van der Waals surface area contributed by atoms with Gasteiger partial charge in [-0.05, 0) is 50.9 Å². The summed E-state index contributed by atoms with van der Waals surface area (Å²) >= 11 is 0. The van der Waals surface area contributed by atoms with Gasteiger partial charge in [0.25, 0.3) is 0 Å². The predicted molar refractivity (Wildman–Crippen MR) is 107 cm³/mol. The summed E-state index contributed by atoms with van der Waals surface area (Å²) in [4.78, 5) is 12.3. The molecule has 0 radical (unpaired) electrons. The molecule has 0 bridgehead atoms. The number of cyclic esters (lactones) is 1. The second-order valence-corrected chi connectivity index (χ2v) is 8.88. The smallest absolute Gasteiger partial charge is 0.306 e. The number of hydrogen-bond acceptors (Lipinski definition) is 2. The molecule has 0 amide bonds. The molecule has 1 rings (SSSR count). The van der Waals surface area contributed by atoms with Crippen molar-refractivity contribution in [2.75, 3.05) is 0 Å². The second-order valence-electron chi connectivity index (χ2n) is 8.88. The first-order valence-electron chi connectivity index (χ1n) is 9.78. The van der Waals surface area contributed by atoms with Crippen LogP contribution < -0.4 is 0 Å². The monoisotopic (exact) mass is 346 g/mol. The summed E-state index contributed by atoms with van der Waals surface area (Å²) in [5, 5.41) is 0. The Morgan fingerprint density at radius 3 is 2.36 bits per heavy atom. The van der Waals surface area contributed by atoms with Gasteiger partial charge in [0.05, 0.1) is 0 Å². The first-order chi connectivity index (χ1) is 11.6. The molecule has 0 aliphatic carbocycles. The fourth-order valence-electron chi connectivity index (χ4n) is 3.47. The van der Waals surface area contributed by atoms with Gasteiger partial charge in [-0.2, -0.15) is 0 Å². The van der Waals surface area contributed by atoms with E-state index in [1.807, 2.05) is 0 Å². The van der Waals surface area contributed by atoms with Gasteiger partial charge in [-0.15, -0.1) is 0 Å². The quantitative estimate of drug-likeness (QED) is 0.363. The standard InChI is InChI=1S/C23H38O2/c1-17-10-8-11-18(2)16-19(3)12-9-13-20(4)22(23(5,6)7)25-21(24)15-14-17/h9-10,13,16,19-20,22H,8,11-12,14-15H2,1-7H3/b13-9+,17-10+,18-16?/t19-,20?,22+/m1/s1. The summed E-state index contributed by atoms with van der Waals surface area (Å²) in [5.74, 6) is 0.673. The number of hydrogen-bond donors (Lipinski definition) is 0. The maximum Gasteiger partial charge on any atom is 0.306 e. The molecule has 0 aromatic carbocycles. The Labute approximate surface area is 155 Å². The zero-order valence-corrected chi connectivity index (χ0v) is 17.4. The molecule has 0 aromatic heterocycles. The summed E-state index contributed by atoms with van der Waals surface area (Å²) in [7, 11) is 0. The van der Waals surface area contributed by atoms with Crippen molar-refractivity contribution in [1.29, 1.82) is 0 Å². The van der Waals surface area contributed by atoms with Crippen LogP contribution in [0.5, 0.6) is 0 Å². The molecule has 0 aromatic rings. The molecule has 3 atom stereocenters. The summed E-state index contributed by atoms with van der Waals surface area (Å²) in [5.41, 5.74) is 2.67. The third-order valence-electron chi connectivity index (χ3n) is 4.86. The Hall–Kier alpha value is -1.31. The van der Waals surface area contributed by atoms with Gasteiger partial charge in [0.2, 0.25) is 0 Å². The van der Waals surface area contributed by atoms with Crippen molar-refractivity contribution in [3.8, 4) is 0 Å². The number of carbonyl (C=O) groups excluding carboxylic acids is 1. The minimum atomic E-state index is -0.0963. The van der Waals surface area contributed by atoms with Crippen molar-refractivity contribution in [2.24, 2.45) is 17.3 Å². The average molecular weight is 347 g/mol. The summed E-state index contributed by atoms with van der Waals surface area (Å²) < 4.78 is 5.89. The van der Waals surface area contributed by atoms with E-state index in [1.54, 1.807) is 0 Å². The van der Waals surface area contributed by atoms with E-state index >= 15 is 0 Å². The van der Waals surface area contributed by atoms with Gasteiger partial charge in [-0.25, -0.2) is 0 Å². The maximum absolute atomic E-state index is 12.3. The van der Waals surface area contributed by atoms with E-state index in [4.69, 9.17) is 4.74 Å². The number of ether oxygens (including phenoxy) is 1. The molecule has 0 N–H and O–H groups in total. The third kappa shape index (κ3) is 8.56. The lowest BCUT2D eigenvalue weighted by atomic mass is 9.81. The van der Waals surface area contributed by atoms with E-state index in [2.05, 4.69) is 72.8 Å². The van der Waals surface area contributed by atoms with E-state index in [9.17, 15) is 4.79 Å². The molecular weight excluding hydrogens is 308 g/mol. The first-order valence-corrected chi connectivity index (χ1v) is 9.78. The molecule has 1 heterocycles. The van der Waals surface area contributed by atoms with Gasteiger partial charge >= 0.3 is 5.97 Å².